The summed E-state index contributed by atoms with van der Waals surface area (Å²) in [6, 6.07) is 0. The van der Waals surface area contributed by atoms with Crippen molar-refractivity contribution in [1.82, 2.24) is 5.32 Å². The fourth-order valence-corrected chi connectivity index (χ4v) is 2.62. The van der Waals surface area contributed by atoms with E-state index in [1.54, 1.807) is 0 Å². The molecule has 1 unspecified atom stereocenters. The third kappa shape index (κ3) is 4.59. The summed E-state index contributed by atoms with van der Waals surface area (Å²) < 4.78 is 5.49. The normalized spacial score (nSPS) is 27.1. The molecule has 0 bridgehead atoms. The first-order valence-electron chi connectivity index (χ1n) is 6.51. The van der Waals surface area contributed by atoms with Crippen LogP contribution in [-0.4, -0.2) is 29.5 Å². The predicted octanol–water partition coefficient (Wildman–Crippen LogP) is 2.87. The first-order chi connectivity index (χ1) is 8.03. The Balaban J connectivity index is 2.23. The van der Waals surface area contributed by atoms with E-state index in [2.05, 4.69) is 35.1 Å². The Bertz CT molecular complexity index is 248. The van der Waals surface area contributed by atoms with E-state index in [0.717, 1.165) is 31.2 Å². The summed E-state index contributed by atoms with van der Waals surface area (Å²) in [6.45, 7) is 6.96. The fraction of sp³-hybridized carbons (Fsp3) is 0.923. The summed E-state index contributed by atoms with van der Waals surface area (Å²) >= 11 is 3.45. The molecule has 0 spiro atoms. The van der Waals surface area contributed by atoms with Gasteiger partial charge in [-0.25, -0.2) is 0 Å². The van der Waals surface area contributed by atoms with Crippen molar-refractivity contribution in [2.45, 2.75) is 58.1 Å². The van der Waals surface area contributed by atoms with Crippen LogP contribution in [0.25, 0.3) is 0 Å². The molecule has 1 saturated carbocycles. The van der Waals surface area contributed by atoms with Gasteiger partial charge in [-0.2, -0.15) is 0 Å². The minimum atomic E-state index is -0.111. The molecular formula is C13H24BrNO2. The zero-order chi connectivity index (χ0) is 12.9. The van der Waals surface area contributed by atoms with Crippen molar-refractivity contribution >= 4 is 21.8 Å². The van der Waals surface area contributed by atoms with E-state index >= 15 is 0 Å². The number of alkyl halides is 1. The van der Waals surface area contributed by atoms with Gasteiger partial charge in [0.15, 0.2) is 0 Å². The lowest BCUT2D eigenvalue weighted by atomic mass is 9.79. The molecule has 1 aliphatic carbocycles. The van der Waals surface area contributed by atoms with Gasteiger partial charge in [-0.1, -0.05) is 22.9 Å². The van der Waals surface area contributed by atoms with E-state index in [4.69, 9.17) is 4.74 Å². The van der Waals surface area contributed by atoms with Crippen molar-refractivity contribution in [2.24, 2.45) is 5.92 Å². The summed E-state index contributed by atoms with van der Waals surface area (Å²) in [5, 5.41) is 3.91. The van der Waals surface area contributed by atoms with Crippen molar-refractivity contribution in [2.75, 3.05) is 11.9 Å². The largest absolute Gasteiger partial charge is 0.378 e. The van der Waals surface area contributed by atoms with Gasteiger partial charge in [-0.15, -0.1) is 0 Å². The Hall–Kier alpha value is -0.0900. The monoisotopic (exact) mass is 305 g/mol. The summed E-state index contributed by atoms with van der Waals surface area (Å²) in [7, 11) is 0. The minimum Gasteiger partial charge on any atom is -0.378 e. The molecule has 1 N–H and O–H groups in total. The van der Waals surface area contributed by atoms with Crippen LogP contribution < -0.4 is 5.32 Å². The van der Waals surface area contributed by atoms with Crippen LogP contribution in [-0.2, 0) is 9.53 Å². The summed E-state index contributed by atoms with van der Waals surface area (Å²) in [5.74, 6) is 0.691. The van der Waals surface area contributed by atoms with Crippen molar-refractivity contribution in [3.8, 4) is 0 Å². The average molecular weight is 306 g/mol. The van der Waals surface area contributed by atoms with Gasteiger partial charge in [-0.3, -0.25) is 4.79 Å². The highest BCUT2D eigenvalue weighted by molar-refractivity contribution is 9.09. The number of carbonyl (C=O) groups is 1. The Morgan fingerprint density at radius 3 is 2.59 bits per heavy atom. The fourth-order valence-electron chi connectivity index (χ4n) is 2.08. The van der Waals surface area contributed by atoms with Gasteiger partial charge in [0.25, 0.3) is 0 Å². The Morgan fingerprint density at radius 1 is 1.47 bits per heavy atom. The Morgan fingerprint density at radius 2 is 2.12 bits per heavy atom. The molecule has 0 aliphatic heterocycles. The third-order valence-electron chi connectivity index (χ3n) is 3.59. The molecule has 17 heavy (non-hydrogen) atoms. The smallest absolute Gasteiger partial charge is 0.220 e. The number of amides is 1. The van der Waals surface area contributed by atoms with Gasteiger partial charge >= 0.3 is 0 Å². The van der Waals surface area contributed by atoms with Crippen LogP contribution in [0.3, 0.4) is 0 Å². The molecule has 0 aromatic carbocycles. The molecule has 4 heteroatoms. The topological polar surface area (TPSA) is 38.3 Å². The van der Waals surface area contributed by atoms with Crippen LogP contribution in [0.4, 0.5) is 0 Å². The highest BCUT2D eigenvalue weighted by Crippen LogP contribution is 2.32. The van der Waals surface area contributed by atoms with Gasteiger partial charge in [0.05, 0.1) is 6.10 Å². The van der Waals surface area contributed by atoms with E-state index in [9.17, 15) is 4.79 Å². The van der Waals surface area contributed by atoms with Crippen LogP contribution in [0.1, 0.15) is 46.5 Å². The second-order valence-corrected chi connectivity index (χ2v) is 5.78. The molecule has 0 aromatic rings. The maximum atomic E-state index is 11.9. The van der Waals surface area contributed by atoms with Crippen LogP contribution in [0.5, 0.6) is 0 Å². The summed E-state index contributed by atoms with van der Waals surface area (Å²) in [4.78, 5) is 11.9. The van der Waals surface area contributed by atoms with Crippen molar-refractivity contribution < 1.29 is 9.53 Å². The van der Waals surface area contributed by atoms with E-state index in [1.807, 2.05) is 6.92 Å². The molecule has 0 heterocycles. The van der Waals surface area contributed by atoms with E-state index < -0.39 is 0 Å². The first-order valence-corrected chi connectivity index (χ1v) is 7.63. The SMILES string of the molecule is CCOC1CC(CC(=O)NC(C)(CC)CBr)C1. The molecule has 3 nitrogen and oxygen atoms in total. The lowest BCUT2D eigenvalue weighted by Gasteiger charge is -2.35. The number of hydrogen-bond donors (Lipinski definition) is 1. The van der Waals surface area contributed by atoms with Crippen LogP contribution in [0, 0.1) is 5.92 Å². The molecular weight excluding hydrogens is 282 g/mol. The highest BCUT2D eigenvalue weighted by atomic mass is 79.9. The van der Waals surface area contributed by atoms with Crippen molar-refractivity contribution in [3.05, 3.63) is 0 Å². The highest BCUT2D eigenvalue weighted by Gasteiger charge is 2.32. The lowest BCUT2D eigenvalue weighted by molar-refractivity contribution is -0.125. The number of rotatable bonds is 7. The Labute approximate surface area is 113 Å². The molecule has 1 atom stereocenters. The number of ether oxygens (including phenoxy) is 1. The standard InChI is InChI=1S/C13H24BrNO2/c1-4-13(3,9-14)15-12(16)8-10-6-11(7-10)17-5-2/h10-11H,4-9H2,1-3H3,(H,15,16). The van der Waals surface area contributed by atoms with Crippen LogP contribution in [0.15, 0.2) is 0 Å². The van der Waals surface area contributed by atoms with Crippen LogP contribution in [0.2, 0.25) is 0 Å². The molecule has 1 fully saturated rings. The summed E-state index contributed by atoms with van der Waals surface area (Å²) in [5.41, 5.74) is -0.111. The van der Waals surface area contributed by atoms with E-state index in [1.165, 1.54) is 0 Å². The number of hydrogen-bond acceptors (Lipinski definition) is 2. The minimum absolute atomic E-state index is 0.111. The van der Waals surface area contributed by atoms with E-state index in [0.29, 0.717) is 18.4 Å². The first kappa shape index (κ1) is 15.0. The lowest BCUT2D eigenvalue weighted by Crippen LogP contribution is -2.48. The van der Waals surface area contributed by atoms with E-state index in [-0.39, 0.29) is 11.4 Å². The molecule has 0 aromatic heterocycles. The molecule has 0 saturated heterocycles. The molecule has 1 aliphatic rings. The predicted molar refractivity (Wildman–Crippen MR) is 73.4 cm³/mol. The third-order valence-corrected chi connectivity index (χ3v) is 4.82. The maximum absolute atomic E-state index is 11.9. The molecule has 1 amide bonds. The van der Waals surface area contributed by atoms with Gasteiger partial charge in [0.1, 0.15) is 0 Å². The second-order valence-electron chi connectivity index (χ2n) is 5.21. The number of nitrogens with one attached hydrogen (secondary N) is 1. The molecule has 100 valence electrons. The van der Waals surface area contributed by atoms with Crippen molar-refractivity contribution in [1.29, 1.82) is 0 Å². The number of halogens is 1. The van der Waals surface area contributed by atoms with Crippen molar-refractivity contribution in [3.63, 3.8) is 0 Å². The molecule has 1 rings (SSSR count). The van der Waals surface area contributed by atoms with Gasteiger partial charge in [0.2, 0.25) is 5.91 Å². The number of carbonyl (C=O) groups excluding carboxylic acids is 1. The Kier molecular flexibility index (Phi) is 5.93. The molecule has 0 radical (unpaired) electrons. The zero-order valence-corrected chi connectivity index (χ0v) is 12.7. The van der Waals surface area contributed by atoms with Gasteiger partial charge in [-0.05, 0) is 39.0 Å². The van der Waals surface area contributed by atoms with Gasteiger partial charge < -0.3 is 10.1 Å². The summed E-state index contributed by atoms with van der Waals surface area (Å²) in [6.07, 6.45) is 4.06. The second kappa shape index (κ2) is 6.74. The van der Waals surface area contributed by atoms with Crippen LogP contribution >= 0.6 is 15.9 Å². The maximum Gasteiger partial charge on any atom is 0.220 e. The zero-order valence-electron chi connectivity index (χ0n) is 11.1. The average Bonchev–Trinajstić information content (AvgIpc) is 2.26. The quantitative estimate of drug-likeness (QED) is 0.735. The van der Waals surface area contributed by atoms with Gasteiger partial charge in [0, 0.05) is 23.9 Å².